The second kappa shape index (κ2) is 6.73. The molecule has 1 amide bonds. The zero-order valence-electron chi connectivity index (χ0n) is 13.5. The van der Waals surface area contributed by atoms with Crippen molar-refractivity contribution in [2.45, 2.75) is 39.2 Å². The lowest BCUT2D eigenvalue weighted by molar-refractivity contribution is -0.117. The quantitative estimate of drug-likeness (QED) is 0.916. The molecule has 120 valence electrons. The van der Waals surface area contributed by atoms with E-state index in [-0.39, 0.29) is 11.9 Å². The van der Waals surface area contributed by atoms with Crippen molar-refractivity contribution >= 4 is 17.5 Å². The first-order valence-electron chi connectivity index (χ1n) is 8.08. The van der Waals surface area contributed by atoms with Crippen LogP contribution in [0, 0.1) is 0 Å². The normalized spacial score (nSPS) is 17.6. The van der Waals surface area contributed by atoms with Gasteiger partial charge in [-0.25, -0.2) is 4.98 Å². The predicted octanol–water partition coefficient (Wildman–Crippen LogP) is 2.21. The number of nitrogens with zero attached hydrogens (tertiary/aromatic N) is 4. The topological polar surface area (TPSA) is 71.0 Å². The Balaban J connectivity index is 1.73. The Morgan fingerprint density at radius 1 is 1.13 bits per heavy atom. The second-order valence-electron chi connectivity index (χ2n) is 5.55. The summed E-state index contributed by atoms with van der Waals surface area (Å²) in [6.45, 7) is 4.78. The Hall–Kier alpha value is -2.50. The second-order valence-corrected chi connectivity index (χ2v) is 5.55. The van der Waals surface area contributed by atoms with Gasteiger partial charge in [-0.05, 0) is 31.4 Å². The van der Waals surface area contributed by atoms with E-state index >= 15 is 0 Å². The van der Waals surface area contributed by atoms with E-state index in [2.05, 4.69) is 20.5 Å². The van der Waals surface area contributed by atoms with Gasteiger partial charge in [0.15, 0.2) is 0 Å². The predicted molar refractivity (Wildman–Crippen MR) is 89.4 cm³/mol. The Morgan fingerprint density at radius 3 is 2.57 bits per heavy atom. The summed E-state index contributed by atoms with van der Waals surface area (Å²) in [6, 6.07) is 9.42. The van der Waals surface area contributed by atoms with Crippen LogP contribution in [0.4, 0.5) is 11.6 Å². The lowest BCUT2D eigenvalue weighted by atomic mass is 10.2. The summed E-state index contributed by atoms with van der Waals surface area (Å²) in [5.41, 5.74) is 2.79. The number of para-hydroxylation sites is 1. The van der Waals surface area contributed by atoms with E-state index in [1.807, 2.05) is 44.2 Å². The van der Waals surface area contributed by atoms with Gasteiger partial charge in [0.05, 0.1) is 11.4 Å². The van der Waals surface area contributed by atoms with E-state index in [0.717, 1.165) is 36.3 Å². The fourth-order valence-corrected chi connectivity index (χ4v) is 2.83. The minimum Gasteiger partial charge on any atom is -0.341 e. The van der Waals surface area contributed by atoms with Crippen LogP contribution in [0.15, 0.2) is 30.3 Å². The Kier molecular flexibility index (Phi) is 4.50. The summed E-state index contributed by atoms with van der Waals surface area (Å²) in [5, 5.41) is 11.5. The molecule has 2 heterocycles. The molecular formula is C17H21N5O. The van der Waals surface area contributed by atoms with E-state index in [0.29, 0.717) is 12.5 Å². The van der Waals surface area contributed by atoms with Crippen LogP contribution in [0.25, 0.3) is 0 Å². The molecule has 0 radical (unpaired) electrons. The number of carbonyl (C=O) groups excluding carboxylic acids is 1. The standard InChI is InChI=1S/C17H21N5O/c1-3-13-14(4-2)20-21-17(18-13)19-15-10-11-22(16(15)23)12-8-6-5-7-9-12/h5-9,15H,3-4,10-11H2,1-2H3,(H,18,19,21). The number of nitrogens with one attached hydrogen (secondary N) is 1. The van der Waals surface area contributed by atoms with Crippen LogP contribution in [0.1, 0.15) is 31.7 Å². The van der Waals surface area contributed by atoms with Gasteiger partial charge in [0, 0.05) is 12.2 Å². The molecule has 0 bridgehead atoms. The molecular weight excluding hydrogens is 290 g/mol. The lowest BCUT2D eigenvalue weighted by Crippen LogP contribution is -2.34. The van der Waals surface area contributed by atoms with E-state index in [9.17, 15) is 4.79 Å². The minimum absolute atomic E-state index is 0.0532. The summed E-state index contributed by atoms with van der Waals surface area (Å²) >= 11 is 0. The van der Waals surface area contributed by atoms with Gasteiger partial charge in [-0.15, -0.1) is 5.10 Å². The molecule has 1 aliphatic heterocycles. The van der Waals surface area contributed by atoms with Crippen molar-refractivity contribution in [2.24, 2.45) is 0 Å². The van der Waals surface area contributed by atoms with Crippen molar-refractivity contribution < 1.29 is 4.79 Å². The molecule has 1 aromatic carbocycles. The Labute approximate surface area is 136 Å². The zero-order valence-corrected chi connectivity index (χ0v) is 13.5. The molecule has 2 aromatic rings. The zero-order chi connectivity index (χ0) is 16.2. The highest BCUT2D eigenvalue weighted by Gasteiger charge is 2.33. The van der Waals surface area contributed by atoms with Gasteiger partial charge in [-0.2, -0.15) is 5.10 Å². The van der Waals surface area contributed by atoms with Crippen LogP contribution in [0.3, 0.4) is 0 Å². The van der Waals surface area contributed by atoms with E-state index in [1.54, 1.807) is 4.90 Å². The number of aromatic nitrogens is 3. The van der Waals surface area contributed by atoms with E-state index < -0.39 is 0 Å². The van der Waals surface area contributed by atoms with Crippen LogP contribution < -0.4 is 10.2 Å². The van der Waals surface area contributed by atoms with Crippen molar-refractivity contribution in [2.75, 3.05) is 16.8 Å². The van der Waals surface area contributed by atoms with Gasteiger partial charge < -0.3 is 10.2 Å². The Morgan fingerprint density at radius 2 is 1.87 bits per heavy atom. The molecule has 0 spiro atoms. The third kappa shape index (κ3) is 3.16. The maximum absolute atomic E-state index is 12.6. The molecule has 1 fully saturated rings. The fourth-order valence-electron chi connectivity index (χ4n) is 2.83. The van der Waals surface area contributed by atoms with Crippen molar-refractivity contribution in [3.05, 3.63) is 41.7 Å². The SMILES string of the molecule is CCc1nnc(NC2CCN(c3ccccc3)C2=O)nc1CC. The van der Waals surface area contributed by atoms with Crippen LogP contribution >= 0.6 is 0 Å². The van der Waals surface area contributed by atoms with Crippen molar-refractivity contribution in [3.8, 4) is 0 Å². The summed E-state index contributed by atoms with van der Waals surface area (Å²) < 4.78 is 0. The number of rotatable bonds is 5. The molecule has 3 rings (SSSR count). The number of amides is 1. The largest absolute Gasteiger partial charge is 0.341 e. The highest BCUT2D eigenvalue weighted by atomic mass is 16.2. The van der Waals surface area contributed by atoms with Crippen LogP contribution in [0.5, 0.6) is 0 Å². The monoisotopic (exact) mass is 311 g/mol. The van der Waals surface area contributed by atoms with Gasteiger partial charge in [0.25, 0.3) is 0 Å². The van der Waals surface area contributed by atoms with Gasteiger partial charge in [-0.3, -0.25) is 4.79 Å². The molecule has 6 nitrogen and oxygen atoms in total. The van der Waals surface area contributed by atoms with Crippen LogP contribution in [-0.2, 0) is 17.6 Å². The van der Waals surface area contributed by atoms with Gasteiger partial charge in [-0.1, -0.05) is 32.0 Å². The average molecular weight is 311 g/mol. The average Bonchev–Trinajstić information content (AvgIpc) is 2.96. The molecule has 1 N–H and O–H groups in total. The summed E-state index contributed by atoms with van der Waals surface area (Å²) in [4.78, 5) is 18.9. The third-order valence-corrected chi connectivity index (χ3v) is 4.09. The fraction of sp³-hybridized carbons (Fsp3) is 0.412. The molecule has 23 heavy (non-hydrogen) atoms. The Bertz CT molecular complexity index is 689. The van der Waals surface area contributed by atoms with Gasteiger partial charge >= 0.3 is 0 Å². The number of aryl methyl sites for hydroxylation is 2. The number of benzene rings is 1. The van der Waals surface area contributed by atoms with Crippen LogP contribution in [0.2, 0.25) is 0 Å². The molecule has 1 unspecified atom stereocenters. The van der Waals surface area contributed by atoms with Crippen LogP contribution in [-0.4, -0.2) is 33.7 Å². The van der Waals surface area contributed by atoms with Crippen molar-refractivity contribution in [1.29, 1.82) is 0 Å². The smallest absolute Gasteiger partial charge is 0.249 e. The first kappa shape index (κ1) is 15.4. The maximum atomic E-state index is 12.6. The first-order chi connectivity index (χ1) is 11.2. The maximum Gasteiger partial charge on any atom is 0.249 e. The highest BCUT2D eigenvalue weighted by molar-refractivity contribution is 6.00. The molecule has 1 saturated heterocycles. The summed E-state index contributed by atoms with van der Waals surface area (Å²) in [5.74, 6) is 0.490. The molecule has 0 aliphatic carbocycles. The minimum atomic E-state index is -0.297. The molecule has 1 aliphatic rings. The van der Waals surface area contributed by atoms with E-state index in [1.165, 1.54) is 0 Å². The number of anilines is 2. The third-order valence-electron chi connectivity index (χ3n) is 4.09. The molecule has 1 aromatic heterocycles. The molecule has 6 heteroatoms. The van der Waals surface area contributed by atoms with Crippen molar-refractivity contribution in [1.82, 2.24) is 15.2 Å². The van der Waals surface area contributed by atoms with Gasteiger partial charge in [0.1, 0.15) is 6.04 Å². The number of carbonyl (C=O) groups is 1. The molecule has 1 atom stereocenters. The van der Waals surface area contributed by atoms with Crippen molar-refractivity contribution in [3.63, 3.8) is 0 Å². The first-order valence-corrected chi connectivity index (χ1v) is 8.08. The summed E-state index contributed by atoms with van der Waals surface area (Å²) in [6.07, 6.45) is 2.35. The number of hydrogen-bond donors (Lipinski definition) is 1. The van der Waals surface area contributed by atoms with E-state index in [4.69, 9.17) is 0 Å². The lowest BCUT2D eigenvalue weighted by Gasteiger charge is -2.17. The highest BCUT2D eigenvalue weighted by Crippen LogP contribution is 2.22. The number of hydrogen-bond acceptors (Lipinski definition) is 5. The molecule has 0 saturated carbocycles. The van der Waals surface area contributed by atoms with Gasteiger partial charge in [0.2, 0.25) is 11.9 Å². The summed E-state index contributed by atoms with van der Waals surface area (Å²) in [7, 11) is 0.